The minimum absolute atomic E-state index is 0.0945. The SMILES string of the molecule is CCCC(=O)c1ccc(C#CC2(C3CCCC3)CC(=O)CC(=O)O2)cc1. The molecule has 0 radical (unpaired) electrons. The highest BCUT2D eigenvalue weighted by Crippen LogP contribution is 2.40. The van der Waals surface area contributed by atoms with E-state index in [-0.39, 0.29) is 30.3 Å². The van der Waals surface area contributed by atoms with Gasteiger partial charge in [-0.15, -0.1) is 0 Å². The van der Waals surface area contributed by atoms with Gasteiger partial charge in [-0.3, -0.25) is 14.4 Å². The van der Waals surface area contributed by atoms with Crippen LogP contribution in [-0.2, 0) is 14.3 Å². The normalized spacial score (nSPS) is 23.3. The highest BCUT2D eigenvalue weighted by molar-refractivity contribution is 5.99. The first kappa shape index (κ1) is 18.4. The lowest BCUT2D eigenvalue weighted by atomic mass is 9.80. The zero-order valence-corrected chi connectivity index (χ0v) is 15.2. The number of hydrogen-bond acceptors (Lipinski definition) is 4. The molecule has 0 N–H and O–H groups in total. The molecule has 4 nitrogen and oxygen atoms in total. The van der Waals surface area contributed by atoms with Crippen molar-refractivity contribution < 1.29 is 19.1 Å². The van der Waals surface area contributed by atoms with Crippen LogP contribution in [0.1, 0.15) is 74.2 Å². The van der Waals surface area contributed by atoms with Crippen LogP contribution in [0.5, 0.6) is 0 Å². The number of rotatable bonds is 4. The number of carbonyl (C=O) groups excluding carboxylic acids is 3. The molecule has 1 aromatic rings. The molecule has 1 saturated heterocycles. The first-order chi connectivity index (χ1) is 12.5. The van der Waals surface area contributed by atoms with Gasteiger partial charge in [0.15, 0.2) is 11.4 Å². The highest BCUT2D eigenvalue weighted by atomic mass is 16.6. The molecule has 4 heteroatoms. The van der Waals surface area contributed by atoms with Gasteiger partial charge in [0.2, 0.25) is 0 Å². The number of cyclic esters (lactones) is 1. The van der Waals surface area contributed by atoms with Crippen LogP contribution in [0.15, 0.2) is 24.3 Å². The van der Waals surface area contributed by atoms with Crippen molar-refractivity contribution >= 4 is 17.5 Å². The Morgan fingerprint density at radius 1 is 1.19 bits per heavy atom. The zero-order chi connectivity index (χ0) is 18.6. The molecule has 1 aromatic carbocycles. The van der Waals surface area contributed by atoms with Gasteiger partial charge in [-0.2, -0.15) is 0 Å². The van der Waals surface area contributed by atoms with Gasteiger partial charge in [-0.25, -0.2) is 0 Å². The maximum Gasteiger partial charge on any atom is 0.314 e. The summed E-state index contributed by atoms with van der Waals surface area (Å²) in [7, 11) is 0. The van der Waals surface area contributed by atoms with Crippen LogP contribution in [0, 0.1) is 17.8 Å². The van der Waals surface area contributed by atoms with Gasteiger partial charge < -0.3 is 4.74 Å². The van der Waals surface area contributed by atoms with Gasteiger partial charge in [-0.1, -0.05) is 37.8 Å². The molecular weight excluding hydrogens is 328 g/mol. The summed E-state index contributed by atoms with van der Waals surface area (Å²) >= 11 is 0. The van der Waals surface area contributed by atoms with E-state index < -0.39 is 11.6 Å². The first-order valence-corrected chi connectivity index (χ1v) is 9.42. The summed E-state index contributed by atoms with van der Waals surface area (Å²) in [6, 6.07) is 7.18. The Balaban J connectivity index is 1.85. The van der Waals surface area contributed by atoms with Gasteiger partial charge in [0, 0.05) is 23.5 Å². The Bertz CT molecular complexity index is 742. The van der Waals surface area contributed by atoms with E-state index in [1.54, 1.807) is 12.1 Å². The quantitative estimate of drug-likeness (QED) is 0.357. The molecule has 1 unspecified atom stereocenters. The molecule has 2 fully saturated rings. The van der Waals surface area contributed by atoms with Crippen molar-refractivity contribution in [1.82, 2.24) is 0 Å². The topological polar surface area (TPSA) is 60.4 Å². The van der Waals surface area contributed by atoms with Crippen LogP contribution in [0.25, 0.3) is 0 Å². The molecule has 0 amide bonds. The summed E-state index contributed by atoms with van der Waals surface area (Å²) in [4.78, 5) is 35.8. The standard InChI is InChI=1S/C22H24O4/c1-2-5-20(24)17-10-8-16(9-11-17)12-13-22(18-6-3-4-7-18)15-19(23)14-21(25)26-22/h8-11,18H,2-7,14-15H2,1H3. The third-order valence-corrected chi connectivity index (χ3v) is 5.21. The van der Waals surface area contributed by atoms with Crippen molar-refractivity contribution in [2.75, 3.05) is 0 Å². The second kappa shape index (κ2) is 7.86. The van der Waals surface area contributed by atoms with Crippen LogP contribution in [0.4, 0.5) is 0 Å². The summed E-state index contributed by atoms with van der Waals surface area (Å²) in [5, 5.41) is 0. The third kappa shape index (κ3) is 4.04. The predicted molar refractivity (Wildman–Crippen MR) is 97.6 cm³/mol. The van der Waals surface area contributed by atoms with Gasteiger partial charge >= 0.3 is 5.97 Å². The van der Waals surface area contributed by atoms with Crippen LogP contribution < -0.4 is 0 Å². The minimum atomic E-state index is -0.986. The van der Waals surface area contributed by atoms with Crippen molar-refractivity contribution in [3.05, 3.63) is 35.4 Å². The summed E-state index contributed by atoms with van der Waals surface area (Å²) in [5.74, 6) is 5.89. The summed E-state index contributed by atoms with van der Waals surface area (Å²) in [6.45, 7) is 1.98. The van der Waals surface area contributed by atoms with Crippen LogP contribution in [0.3, 0.4) is 0 Å². The summed E-state index contributed by atoms with van der Waals surface area (Å²) in [5.41, 5.74) is 0.450. The van der Waals surface area contributed by atoms with Crippen molar-refractivity contribution in [3.63, 3.8) is 0 Å². The van der Waals surface area contributed by atoms with E-state index in [0.717, 1.165) is 37.7 Å². The summed E-state index contributed by atoms with van der Waals surface area (Å²) < 4.78 is 5.66. The Morgan fingerprint density at radius 2 is 1.88 bits per heavy atom. The average Bonchev–Trinajstić information content (AvgIpc) is 3.15. The number of esters is 1. The average molecular weight is 352 g/mol. The Labute approximate surface area is 154 Å². The molecule has 0 aromatic heterocycles. The largest absolute Gasteiger partial charge is 0.445 e. The Hall–Kier alpha value is -2.41. The fourth-order valence-electron chi connectivity index (χ4n) is 3.87. The molecule has 2 aliphatic rings. The first-order valence-electron chi connectivity index (χ1n) is 9.42. The number of carbonyl (C=O) groups is 3. The smallest absolute Gasteiger partial charge is 0.314 e. The Morgan fingerprint density at radius 3 is 2.50 bits per heavy atom. The number of ketones is 2. The Kier molecular flexibility index (Phi) is 5.56. The van der Waals surface area contributed by atoms with E-state index in [9.17, 15) is 14.4 Å². The van der Waals surface area contributed by atoms with Crippen LogP contribution in [-0.4, -0.2) is 23.1 Å². The molecule has 1 aliphatic carbocycles. The van der Waals surface area contributed by atoms with E-state index >= 15 is 0 Å². The lowest BCUT2D eigenvalue weighted by Gasteiger charge is -2.36. The molecule has 136 valence electrons. The maximum atomic E-state index is 12.0. The fourth-order valence-corrected chi connectivity index (χ4v) is 3.87. The molecule has 1 aliphatic heterocycles. The van der Waals surface area contributed by atoms with Crippen LogP contribution >= 0.6 is 0 Å². The molecule has 0 spiro atoms. The van der Waals surface area contributed by atoms with E-state index in [1.807, 2.05) is 19.1 Å². The second-order valence-corrected chi connectivity index (χ2v) is 7.24. The number of Topliss-reactive ketones (excluding diaryl/α,β-unsaturated/α-hetero) is 2. The zero-order valence-electron chi connectivity index (χ0n) is 15.2. The third-order valence-electron chi connectivity index (χ3n) is 5.21. The second-order valence-electron chi connectivity index (χ2n) is 7.24. The highest BCUT2D eigenvalue weighted by Gasteiger charge is 2.47. The lowest BCUT2D eigenvalue weighted by molar-refractivity contribution is -0.168. The minimum Gasteiger partial charge on any atom is -0.445 e. The van der Waals surface area contributed by atoms with Crippen LogP contribution in [0.2, 0.25) is 0 Å². The van der Waals surface area contributed by atoms with Crippen molar-refractivity contribution in [3.8, 4) is 11.8 Å². The van der Waals surface area contributed by atoms with E-state index in [1.165, 1.54) is 0 Å². The van der Waals surface area contributed by atoms with Gasteiger partial charge in [-0.05, 0) is 37.3 Å². The molecule has 26 heavy (non-hydrogen) atoms. The lowest BCUT2D eigenvalue weighted by Crippen LogP contribution is -2.46. The number of ether oxygens (including phenoxy) is 1. The molecular formula is C22H24O4. The van der Waals surface area contributed by atoms with E-state index in [4.69, 9.17) is 4.74 Å². The molecule has 1 heterocycles. The fraction of sp³-hybridized carbons (Fsp3) is 0.500. The van der Waals surface area contributed by atoms with E-state index in [2.05, 4.69) is 11.8 Å². The molecule has 1 atom stereocenters. The van der Waals surface area contributed by atoms with Crippen molar-refractivity contribution in [2.45, 2.75) is 63.9 Å². The number of benzene rings is 1. The maximum absolute atomic E-state index is 12.0. The molecule has 0 bridgehead atoms. The van der Waals surface area contributed by atoms with Crippen molar-refractivity contribution in [2.24, 2.45) is 5.92 Å². The molecule has 1 saturated carbocycles. The monoisotopic (exact) mass is 352 g/mol. The number of hydrogen-bond donors (Lipinski definition) is 0. The van der Waals surface area contributed by atoms with Gasteiger partial charge in [0.05, 0.1) is 6.42 Å². The molecule has 3 rings (SSSR count). The summed E-state index contributed by atoms with van der Waals surface area (Å²) in [6.07, 6.45) is 5.41. The van der Waals surface area contributed by atoms with Gasteiger partial charge in [0.25, 0.3) is 0 Å². The predicted octanol–water partition coefficient (Wildman–Crippen LogP) is 3.86. The van der Waals surface area contributed by atoms with Gasteiger partial charge in [0.1, 0.15) is 12.2 Å². The van der Waals surface area contributed by atoms with E-state index in [0.29, 0.717) is 12.0 Å². The van der Waals surface area contributed by atoms with Crippen molar-refractivity contribution in [1.29, 1.82) is 0 Å².